The minimum Gasteiger partial charge on any atom is -0.344 e. The maximum Gasteiger partial charge on any atom is 0.0711 e. The highest BCUT2D eigenvalue weighted by atomic mass is 29.8. The van der Waals surface area contributed by atoms with E-state index in [1.165, 1.54) is 43.6 Å². The van der Waals surface area contributed by atoms with Crippen LogP contribution in [0.3, 0.4) is 0 Å². The molecule has 0 aliphatic heterocycles. The Morgan fingerprint density at radius 1 is 0.400 bits per heavy atom. The standard InChI is InChI=1S/C34H44N2Si4/c1-35-31-17-13-11-15-27(31)29-23-25(19-21-33(29)35)37(3,4)39(7,8)40(9,10)38(5,6)26-20-22-34-30(24-26)28-16-12-14-18-32(28)36(34)2/h11-24H,1-10H3. The fraction of sp³-hybridized carbons (Fsp3) is 0.294. The number of hydrogen-bond donors (Lipinski definition) is 0. The van der Waals surface area contributed by atoms with Gasteiger partial charge in [0.05, 0.1) is 15.2 Å². The first-order valence-corrected chi connectivity index (χ1v) is 29.7. The highest BCUT2D eigenvalue weighted by Crippen LogP contribution is 2.37. The van der Waals surface area contributed by atoms with Crippen LogP contribution >= 0.6 is 0 Å². The first-order valence-electron chi connectivity index (χ1n) is 14.7. The third kappa shape index (κ3) is 3.55. The van der Waals surface area contributed by atoms with Crippen molar-refractivity contribution < 1.29 is 0 Å². The molecule has 0 saturated carbocycles. The van der Waals surface area contributed by atoms with Crippen LogP contribution in [0.15, 0.2) is 84.9 Å². The van der Waals surface area contributed by atoms with Crippen LogP contribution in [-0.4, -0.2) is 38.5 Å². The summed E-state index contributed by atoms with van der Waals surface area (Å²) in [5.74, 6) is 0. The van der Waals surface area contributed by atoms with Crippen LogP contribution in [0.4, 0.5) is 0 Å². The lowest BCUT2D eigenvalue weighted by Gasteiger charge is -2.55. The summed E-state index contributed by atoms with van der Waals surface area (Å²) in [6, 6.07) is 32.8. The van der Waals surface area contributed by atoms with Gasteiger partial charge in [-0.2, -0.15) is 0 Å². The molecule has 0 spiro atoms. The molecule has 6 heteroatoms. The van der Waals surface area contributed by atoms with Crippen LogP contribution < -0.4 is 10.4 Å². The maximum atomic E-state index is 2.78. The highest BCUT2D eigenvalue weighted by Gasteiger charge is 2.59. The van der Waals surface area contributed by atoms with Gasteiger partial charge in [0.2, 0.25) is 0 Å². The number of aryl methyl sites for hydroxylation is 2. The smallest absolute Gasteiger partial charge is 0.0711 e. The zero-order chi connectivity index (χ0) is 28.8. The Morgan fingerprint density at radius 2 is 0.725 bits per heavy atom. The van der Waals surface area contributed by atoms with Gasteiger partial charge < -0.3 is 9.13 Å². The second-order valence-electron chi connectivity index (χ2n) is 14.1. The molecule has 0 amide bonds. The number of rotatable bonds is 5. The van der Waals surface area contributed by atoms with E-state index < -0.39 is 29.4 Å². The summed E-state index contributed by atoms with van der Waals surface area (Å²) in [6.07, 6.45) is 0. The molecule has 206 valence electrons. The topological polar surface area (TPSA) is 9.86 Å². The Bertz CT molecular complexity index is 1800. The number of nitrogens with zero attached hydrogens (tertiary/aromatic N) is 2. The predicted octanol–water partition coefficient (Wildman–Crippen LogP) is 8.16. The second-order valence-corrected chi connectivity index (χ2v) is 53.8. The van der Waals surface area contributed by atoms with Crippen LogP contribution in [0.25, 0.3) is 43.6 Å². The molecule has 0 fully saturated rings. The Morgan fingerprint density at radius 3 is 1.10 bits per heavy atom. The van der Waals surface area contributed by atoms with Crippen molar-refractivity contribution >= 4 is 83.4 Å². The molecule has 2 nitrogen and oxygen atoms in total. The van der Waals surface area contributed by atoms with E-state index in [9.17, 15) is 0 Å². The Hall–Kier alpha value is -2.65. The molecule has 0 atom stereocenters. The zero-order valence-electron chi connectivity index (χ0n) is 26.0. The van der Waals surface area contributed by atoms with Gasteiger partial charge in [0.1, 0.15) is 0 Å². The average molecular weight is 593 g/mol. The molecule has 0 unspecified atom stereocenters. The Kier molecular flexibility index (Phi) is 6.14. The van der Waals surface area contributed by atoms with Gasteiger partial charge in [-0.3, -0.25) is 0 Å². The molecule has 2 aromatic heterocycles. The van der Waals surface area contributed by atoms with Crippen molar-refractivity contribution in [1.29, 1.82) is 0 Å². The molecule has 0 N–H and O–H groups in total. The molecular weight excluding hydrogens is 549 g/mol. The number of para-hydroxylation sites is 2. The number of aromatic nitrogens is 2. The molecule has 4 aromatic carbocycles. The highest BCUT2D eigenvalue weighted by molar-refractivity contribution is 7.85. The van der Waals surface area contributed by atoms with E-state index in [1.807, 2.05) is 0 Å². The fourth-order valence-electron chi connectivity index (χ4n) is 7.40. The van der Waals surface area contributed by atoms with Gasteiger partial charge in [-0.05, 0) is 24.3 Å². The molecule has 0 radical (unpaired) electrons. The molecule has 0 saturated heterocycles. The summed E-state index contributed by atoms with van der Waals surface area (Å²) in [7, 11) is -2.39. The van der Waals surface area contributed by atoms with E-state index >= 15 is 0 Å². The second kappa shape index (κ2) is 8.92. The third-order valence-corrected chi connectivity index (χ3v) is 79.4. The summed E-state index contributed by atoms with van der Waals surface area (Å²) >= 11 is 0. The minimum atomic E-state index is -1.75. The third-order valence-electron chi connectivity index (χ3n) is 12.0. The Labute approximate surface area is 243 Å². The van der Waals surface area contributed by atoms with E-state index in [0.29, 0.717) is 0 Å². The quantitative estimate of drug-likeness (QED) is 0.179. The predicted molar refractivity (Wildman–Crippen MR) is 190 cm³/mol. The van der Waals surface area contributed by atoms with Crippen molar-refractivity contribution in [3.63, 3.8) is 0 Å². The van der Waals surface area contributed by atoms with Gasteiger partial charge in [-0.1, -0.05) is 123 Å². The first kappa shape index (κ1) is 27.5. The van der Waals surface area contributed by atoms with Crippen LogP contribution in [0, 0.1) is 0 Å². The lowest BCUT2D eigenvalue weighted by molar-refractivity contribution is 1.01. The maximum absolute atomic E-state index is 2.78. The van der Waals surface area contributed by atoms with Crippen molar-refractivity contribution in [3.8, 4) is 0 Å². The lowest BCUT2D eigenvalue weighted by atomic mass is 10.1. The van der Waals surface area contributed by atoms with Crippen molar-refractivity contribution in [2.75, 3.05) is 0 Å². The van der Waals surface area contributed by atoms with Crippen LogP contribution in [0.2, 0.25) is 52.4 Å². The van der Waals surface area contributed by atoms with Gasteiger partial charge in [0.15, 0.2) is 0 Å². The first-order chi connectivity index (χ1) is 18.7. The Balaban J connectivity index is 1.47. The molecule has 40 heavy (non-hydrogen) atoms. The van der Waals surface area contributed by atoms with E-state index in [1.54, 1.807) is 10.4 Å². The van der Waals surface area contributed by atoms with Crippen molar-refractivity contribution in [3.05, 3.63) is 84.9 Å². The minimum absolute atomic E-state index is 1.33. The van der Waals surface area contributed by atoms with E-state index in [2.05, 4.69) is 161 Å². The van der Waals surface area contributed by atoms with Crippen molar-refractivity contribution in [1.82, 2.24) is 9.13 Å². The van der Waals surface area contributed by atoms with Crippen LogP contribution in [0.1, 0.15) is 0 Å². The number of fused-ring (bicyclic) bond motifs is 6. The summed E-state index contributed by atoms with van der Waals surface area (Å²) < 4.78 is 4.73. The van der Waals surface area contributed by atoms with Crippen LogP contribution in [-0.2, 0) is 14.1 Å². The van der Waals surface area contributed by atoms with Gasteiger partial charge in [-0.25, -0.2) is 0 Å². The number of benzene rings is 4. The summed E-state index contributed by atoms with van der Waals surface area (Å²) in [6.45, 7) is 22.0. The molecule has 0 aliphatic rings. The van der Waals surface area contributed by atoms with E-state index in [4.69, 9.17) is 0 Å². The van der Waals surface area contributed by atoms with Gasteiger partial charge in [0, 0.05) is 71.9 Å². The SMILES string of the molecule is Cn1c2ccccc2c2cc([Si](C)(C)[Si](C)(C)[Si](C)(C)[Si](C)(C)c3ccc4c(c3)c3ccccc3n4C)ccc21. The van der Waals surface area contributed by atoms with Gasteiger partial charge >= 0.3 is 0 Å². The van der Waals surface area contributed by atoms with Gasteiger partial charge in [-0.15, -0.1) is 0 Å². The van der Waals surface area contributed by atoms with E-state index in [-0.39, 0.29) is 0 Å². The summed E-state index contributed by atoms with van der Waals surface area (Å²) in [4.78, 5) is 0. The molecule has 6 rings (SSSR count). The molecule has 0 bridgehead atoms. The molecule has 0 aliphatic carbocycles. The average Bonchev–Trinajstić information content (AvgIpc) is 3.39. The largest absolute Gasteiger partial charge is 0.344 e. The molecular formula is C34H44N2Si4. The lowest BCUT2D eigenvalue weighted by Crippen LogP contribution is -2.84. The molecule has 2 heterocycles. The van der Waals surface area contributed by atoms with Gasteiger partial charge in [0.25, 0.3) is 0 Å². The van der Waals surface area contributed by atoms with E-state index in [0.717, 1.165) is 0 Å². The molecule has 6 aromatic rings. The zero-order valence-corrected chi connectivity index (χ0v) is 30.0. The summed E-state index contributed by atoms with van der Waals surface area (Å²) in [5, 5.41) is 8.95. The van der Waals surface area contributed by atoms with Crippen molar-refractivity contribution in [2.24, 2.45) is 14.1 Å². The normalized spacial score (nSPS) is 13.8. The fourth-order valence-corrected chi connectivity index (χ4v) is 76.2. The van der Waals surface area contributed by atoms with Crippen LogP contribution in [0.5, 0.6) is 0 Å². The number of hydrogen-bond acceptors (Lipinski definition) is 0. The summed E-state index contributed by atoms with van der Waals surface area (Å²) in [5.41, 5.74) is 5.36. The monoisotopic (exact) mass is 592 g/mol. The van der Waals surface area contributed by atoms with Crippen molar-refractivity contribution in [2.45, 2.75) is 52.4 Å².